The maximum Gasteiger partial charge on any atom is 0.273 e. The number of nitrogens with one attached hydrogen (secondary N) is 1. The largest absolute Gasteiger partial charge is 0.497 e. The third-order valence-electron chi connectivity index (χ3n) is 3.42. The van der Waals surface area contributed by atoms with Crippen molar-refractivity contribution in [3.63, 3.8) is 0 Å². The number of rotatable bonds is 6. The number of hydrazone groups is 1. The Labute approximate surface area is 135 Å². The molecule has 2 aromatic rings. The first-order valence-corrected chi connectivity index (χ1v) is 7.39. The van der Waals surface area contributed by atoms with Gasteiger partial charge in [-0.25, -0.2) is 5.43 Å². The summed E-state index contributed by atoms with van der Waals surface area (Å²) in [5.74, 6) is 0.198. The second-order valence-electron chi connectivity index (χ2n) is 4.93. The number of hydrogen-bond acceptors (Lipinski definition) is 4. The highest BCUT2D eigenvalue weighted by molar-refractivity contribution is 6.01. The fourth-order valence-corrected chi connectivity index (χ4v) is 2.10. The highest BCUT2D eigenvalue weighted by Gasteiger charge is 2.16. The molecule has 0 saturated carbocycles. The Kier molecular flexibility index (Phi) is 5.88. The predicted molar refractivity (Wildman–Crippen MR) is 89.4 cm³/mol. The SMILES string of the molecule is CCC(=NNC(=O)C(O)c1ccccc1)c1ccc(OC)cc1. The molecule has 23 heavy (non-hydrogen) atoms. The van der Waals surface area contributed by atoms with E-state index in [9.17, 15) is 9.90 Å². The highest BCUT2D eigenvalue weighted by Crippen LogP contribution is 2.14. The molecule has 0 heterocycles. The molecule has 2 rings (SSSR count). The van der Waals surface area contributed by atoms with Crippen molar-refractivity contribution in [2.45, 2.75) is 19.4 Å². The third kappa shape index (κ3) is 4.40. The summed E-state index contributed by atoms with van der Waals surface area (Å²) in [4.78, 5) is 12.0. The highest BCUT2D eigenvalue weighted by atomic mass is 16.5. The molecule has 1 amide bonds. The van der Waals surface area contributed by atoms with E-state index in [1.165, 1.54) is 0 Å². The summed E-state index contributed by atoms with van der Waals surface area (Å²) in [5.41, 5.74) is 4.57. The van der Waals surface area contributed by atoms with Gasteiger partial charge in [0, 0.05) is 0 Å². The molecule has 0 spiro atoms. The number of nitrogens with zero attached hydrogens (tertiary/aromatic N) is 1. The number of carbonyl (C=O) groups excluding carboxylic acids is 1. The van der Waals surface area contributed by atoms with Crippen molar-refractivity contribution >= 4 is 11.6 Å². The molecule has 0 aliphatic rings. The Morgan fingerprint density at radius 1 is 1.17 bits per heavy atom. The standard InChI is InChI=1S/C18H20N2O3/c1-3-16(13-9-11-15(23-2)12-10-13)19-20-18(22)17(21)14-7-5-4-6-8-14/h4-12,17,21H,3H2,1-2H3,(H,20,22). The van der Waals surface area contributed by atoms with Crippen LogP contribution < -0.4 is 10.2 Å². The molecular formula is C18H20N2O3. The number of methoxy groups -OCH3 is 1. The Bertz CT molecular complexity index is 666. The van der Waals surface area contributed by atoms with E-state index in [2.05, 4.69) is 10.5 Å². The lowest BCUT2D eigenvalue weighted by Gasteiger charge is -2.10. The van der Waals surface area contributed by atoms with Crippen LogP contribution in [0.2, 0.25) is 0 Å². The van der Waals surface area contributed by atoms with Crippen LogP contribution in [0.3, 0.4) is 0 Å². The topological polar surface area (TPSA) is 70.9 Å². The summed E-state index contributed by atoms with van der Waals surface area (Å²) in [6.07, 6.45) is -0.595. The van der Waals surface area contributed by atoms with Gasteiger partial charge in [0.1, 0.15) is 5.75 Å². The molecule has 5 nitrogen and oxygen atoms in total. The lowest BCUT2D eigenvalue weighted by molar-refractivity contribution is -0.129. The maximum absolute atomic E-state index is 12.0. The van der Waals surface area contributed by atoms with Crippen molar-refractivity contribution in [2.75, 3.05) is 7.11 Å². The number of amides is 1. The van der Waals surface area contributed by atoms with E-state index in [0.717, 1.165) is 17.0 Å². The first-order chi connectivity index (χ1) is 11.2. The van der Waals surface area contributed by atoms with Gasteiger partial charge in [-0.1, -0.05) is 37.3 Å². The Morgan fingerprint density at radius 2 is 1.83 bits per heavy atom. The summed E-state index contributed by atoms with van der Waals surface area (Å²) in [5, 5.41) is 14.1. The van der Waals surface area contributed by atoms with Gasteiger partial charge in [-0.3, -0.25) is 4.79 Å². The summed E-state index contributed by atoms with van der Waals surface area (Å²) < 4.78 is 5.12. The second-order valence-corrected chi connectivity index (χ2v) is 4.93. The van der Waals surface area contributed by atoms with Gasteiger partial charge in [0.25, 0.3) is 5.91 Å². The molecule has 2 N–H and O–H groups in total. The Hall–Kier alpha value is -2.66. The van der Waals surface area contributed by atoms with E-state index in [-0.39, 0.29) is 0 Å². The van der Waals surface area contributed by atoms with E-state index in [1.807, 2.05) is 37.3 Å². The third-order valence-corrected chi connectivity index (χ3v) is 3.42. The number of hydrogen-bond donors (Lipinski definition) is 2. The van der Waals surface area contributed by atoms with Gasteiger partial charge in [-0.05, 0) is 41.8 Å². The summed E-state index contributed by atoms with van der Waals surface area (Å²) in [6, 6.07) is 16.2. The zero-order valence-corrected chi connectivity index (χ0v) is 13.2. The lowest BCUT2D eigenvalue weighted by Crippen LogP contribution is -2.26. The van der Waals surface area contributed by atoms with Crippen molar-refractivity contribution in [3.05, 3.63) is 65.7 Å². The molecule has 0 aromatic heterocycles. The van der Waals surface area contributed by atoms with Crippen molar-refractivity contribution in [2.24, 2.45) is 5.10 Å². The summed E-state index contributed by atoms with van der Waals surface area (Å²) in [6.45, 7) is 1.95. The monoisotopic (exact) mass is 312 g/mol. The van der Waals surface area contributed by atoms with Crippen LogP contribution in [0.4, 0.5) is 0 Å². The Balaban J connectivity index is 2.07. The summed E-state index contributed by atoms with van der Waals surface area (Å²) >= 11 is 0. The van der Waals surface area contributed by atoms with Gasteiger partial charge in [0.05, 0.1) is 12.8 Å². The quantitative estimate of drug-likeness (QED) is 0.636. The smallest absolute Gasteiger partial charge is 0.273 e. The van der Waals surface area contributed by atoms with Gasteiger partial charge in [-0.2, -0.15) is 5.10 Å². The Morgan fingerprint density at radius 3 is 2.39 bits per heavy atom. The van der Waals surface area contributed by atoms with E-state index >= 15 is 0 Å². The fraction of sp³-hybridized carbons (Fsp3) is 0.222. The first kappa shape index (κ1) is 16.7. The predicted octanol–water partition coefficient (Wildman–Crippen LogP) is 2.66. The number of ether oxygens (including phenoxy) is 1. The van der Waals surface area contributed by atoms with Gasteiger partial charge >= 0.3 is 0 Å². The maximum atomic E-state index is 12.0. The van der Waals surface area contributed by atoms with Crippen LogP contribution in [0.15, 0.2) is 59.7 Å². The van der Waals surface area contributed by atoms with Gasteiger partial charge < -0.3 is 9.84 Å². The lowest BCUT2D eigenvalue weighted by atomic mass is 10.1. The first-order valence-electron chi connectivity index (χ1n) is 7.39. The van der Waals surface area contributed by atoms with Gasteiger partial charge in [-0.15, -0.1) is 0 Å². The summed E-state index contributed by atoms with van der Waals surface area (Å²) in [7, 11) is 1.61. The average Bonchev–Trinajstić information content (AvgIpc) is 2.62. The van der Waals surface area contributed by atoms with Crippen molar-refractivity contribution in [3.8, 4) is 5.75 Å². The minimum absolute atomic E-state index is 0.530. The number of aliphatic hydroxyl groups is 1. The molecule has 1 atom stereocenters. The average molecular weight is 312 g/mol. The zero-order chi connectivity index (χ0) is 16.7. The minimum atomic E-state index is -1.24. The van der Waals surface area contributed by atoms with Gasteiger partial charge in [0.2, 0.25) is 0 Å². The van der Waals surface area contributed by atoms with E-state index in [0.29, 0.717) is 12.0 Å². The molecule has 5 heteroatoms. The van der Waals surface area contributed by atoms with E-state index in [1.54, 1.807) is 31.4 Å². The van der Waals surface area contributed by atoms with Gasteiger partial charge in [0.15, 0.2) is 6.10 Å². The molecule has 0 aliphatic carbocycles. The van der Waals surface area contributed by atoms with Crippen LogP contribution in [0, 0.1) is 0 Å². The van der Waals surface area contributed by atoms with Crippen LogP contribution in [0.1, 0.15) is 30.6 Å². The van der Waals surface area contributed by atoms with Crippen molar-refractivity contribution in [1.29, 1.82) is 0 Å². The molecule has 1 unspecified atom stereocenters. The van der Waals surface area contributed by atoms with Crippen LogP contribution in [0.25, 0.3) is 0 Å². The normalized spacial score (nSPS) is 12.6. The molecule has 0 bridgehead atoms. The molecule has 0 fully saturated rings. The molecule has 0 saturated heterocycles. The fourth-order valence-electron chi connectivity index (χ4n) is 2.10. The zero-order valence-electron chi connectivity index (χ0n) is 13.2. The minimum Gasteiger partial charge on any atom is -0.497 e. The molecule has 0 aliphatic heterocycles. The second kappa shape index (κ2) is 8.10. The van der Waals surface area contributed by atoms with Crippen LogP contribution >= 0.6 is 0 Å². The number of carbonyl (C=O) groups is 1. The molecular weight excluding hydrogens is 292 g/mol. The number of aliphatic hydroxyl groups excluding tert-OH is 1. The molecule has 0 radical (unpaired) electrons. The van der Waals surface area contributed by atoms with Crippen LogP contribution in [-0.4, -0.2) is 23.8 Å². The number of benzene rings is 2. The molecule has 120 valence electrons. The van der Waals surface area contributed by atoms with E-state index < -0.39 is 12.0 Å². The van der Waals surface area contributed by atoms with E-state index in [4.69, 9.17) is 4.74 Å². The van der Waals surface area contributed by atoms with Crippen LogP contribution in [-0.2, 0) is 4.79 Å². The van der Waals surface area contributed by atoms with Crippen molar-refractivity contribution < 1.29 is 14.6 Å². The van der Waals surface area contributed by atoms with Crippen LogP contribution in [0.5, 0.6) is 5.75 Å². The molecule has 2 aromatic carbocycles. The van der Waals surface area contributed by atoms with Crippen molar-refractivity contribution in [1.82, 2.24) is 5.43 Å².